The molecule has 0 aliphatic heterocycles. The largest absolute Gasteiger partial charge is 0.462 e. The molecule has 0 bridgehead atoms. The van der Waals surface area contributed by atoms with Crippen molar-refractivity contribution in [2.24, 2.45) is 0 Å². The van der Waals surface area contributed by atoms with Crippen LogP contribution < -0.4 is 0 Å². The molecule has 6 heteroatoms. The van der Waals surface area contributed by atoms with Crippen LogP contribution in [-0.4, -0.2) is 37.2 Å². The van der Waals surface area contributed by atoms with Gasteiger partial charge in [-0.25, -0.2) is 0 Å². The van der Waals surface area contributed by atoms with Crippen molar-refractivity contribution in [3.63, 3.8) is 0 Å². The highest BCUT2D eigenvalue weighted by molar-refractivity contribution is 5.71. The Kier molecular flexibility index (Phi) is 66.6. The van der Waals surface area contributed by atoms with Crippen molar-refractivity contribution < 1.29 is 28.6 Å². The van der Waals surface area contributed by atoms with Gasteiger partial charge in [0.2, 0.25) is 0 Å². The lowest BCUT2D eigenvalue weighted by atomic mass is 10.0. The predicted octanol–water partition coefficient (Wildman–Crippen LogP) is 24.4. The molecule has 0 fully saturated rings. The van der Waals surface area contributed by atoms with Crippen molar-refractivity contribution >= 4 is 17.9 Å². The van der Waals surface area contributed by atoms with Gasteiger partial charge in [-0.2, -0.15) is 0 Å². The normalized spacial score (nSPS) is 12.5. The summed E-state index contributed by atoms with van der Waals surface area (Å²) >= 11 is 0. The van der Waals surface area contributed by atoms with E-state index in [-0.39, 0.29) is 31.1 Å². The molecule has 0 radical (unpaired) electrons. The maximum atomic E-state index is 13.0. The maximum Gasteiger partial charge on any atom is 0.306 e. The van der Waals surface area contributed by atoms with Crippen LogP contribution in [0.25, 0.3) is 0 Å². The van der Waals surface area contributed by atoms with Gasteiger partial charge in [-0.3, -0.25) is 14.4 Å². The van der Waals surface area contributed by atoms with E-state index >= 15 is 0 Å². The summed E-state index contributed by atoms with van der Waals surface area (Å²) in [6.45, 7) is 6.56. The first-order valence-electron chi connectivity index (χ1n) is 35.4. The maximum absolute atomic E-state index is 13.0. The number of hydrogen-bond donors (Lipinski definition) is 0. The highest BCUT2D eigenvalue weighted by atomic mass is 16.6. The minimum Gasteiger partial charge on any atom is -0.462 e. The first-order valence-corrected chi connectivity index (χ1v) is 35.4. The van der Waals surface area contributed by atoms with Crippen molar-refractivity contribution in [3.8, 4) is 0 Å². The summed E-state index contributed by atoms with van der Waals surface area (Å²) in [7, 11) is 0. The Morgan fingerprint density at radius 2 is 0.481 bits per heavy atom. The van der Waals surface area contributed by atoms with E-state index in [1.807, 2.05) is 0 Å². The highest BCUT2D eigenvalue weighted by Crippen LogP contribution is 2.17. The van der Waals surface area contributed by atoms with Crippen molar-refractivity contribution in [2.75, 3.05) is 13.2 Å². The minimum absolute atomic E-state index is 0.0780. The molecule has 0 saturated heterocycles. The zero-order valence-corrected chi connectivity index (χ0v) is 54.1. The molecule has 0 aromatic rings. The fraction of sp³-hybridized carbons (Fsp3) is 0.800. The number of unbranched alkanes of at least 4 members (excludes halogenated alkanes) is 42. The van der Waals surface area contributed by atoms with Gasteiger partial charge >= 0.3 is 17.9 Å². The number of carbonyl (C=O) groups excluding carboxylic acids is 3. The minimum atomic E-state index is -0.784. The van der Waals surface area contributed by atoms with Crippen LogP contribution in [0.15, 0.2) is 72.9 Å². The Labute approximate surface area is 503 Å². The third kappa shape index (κ3) is 67.5. The van der Waals surface area contributed by atoms with E-state index in [0.29, 0.717) is 19.3 Å². The Hall–Kier alpha value is -3.15. The zero-order chi connectivity index (χ0) is 58.5. The predicted molar refractivity (Wildman–Crippen MR) is 353 cm³/mol. The van der Waals surface area contributed by atoms with Crippen LogP contribution in [0.3, 0.4) is 0 Å². The number of rotatable bonds is 65. The van der Waals surface area contributed by atoms with Gasteiger partial charge < -0.3 is 14.2 Å². The second-order valence-electron chi connectivity index (χ2n) is 23.8. The van der Waals surface area contributed by atoms with Gasteiger partial charge in [-0.1, -0.05) is 312 Å². The SMILES string of the molecule is CC/C=C\C/C=C\C/C=C\CCCCCCCCCC(=O)OCC(COC(=O)CCCCCCCCCCCCCCC/C=C\CCCCCCCCCC)OC(=O)CCCCCCCCCCC/C=C\C/C=C\CCCCCCC. The molecule has 1 unspecified atom stereocenters. The average molecular weight is 1130 g/mol. The van der Waals surface area contributed by atoms with Crippen LogP contribution in [0.1, 0.15) is 367 Å². The van der Waals surface area contributed by atoms with Gasteiger partial charge in [0.25, 0.3) is 0 Å². The molecule has 0 aromatic heterocycles. The smallest absolute Gasteiger partial charge is 0.306 e. The molecule has 0 N–H and O–H groups in total. The summed E-state index contributed by atoms with van der Waals surface area (Å²) in [5, 5.41) is 0. The Morgan fingerprint density at radius 1 is 0.259 bits per heavy atom. The second-order valence-corrected chi connectivity index (χ2v) is 23.8. The number of allylic oxidation sites excluding steroid dienone is 12. The van der Waals surface area contributed by atoms with E-state index in [2.05, 4.69) is 93.7 Å². The van der Waals surface area contributed by atoms with Crippen molar-refractivity contribution in [2.45, 2.75) is 374 Å². The molecular formula is C75H134O6. The standard InChI is InChI=1S/C75H134O6/c1-4-7-10-13-16-19-22-25-28-31-33-35-36-37-38-40-41-44-47-50-53-56-59-62-65-68-74(77)80-71-72(70-79-73(76)67-64-61-58-55-52-49-46-43-30-27-24-21-18-15-12-9-6-3)81-75(78)69-66-63-60-57-54-51-48-45-42-39-34-32-29-26-23-20-17-14-11-8-5-2/h9,12,18,21,23,26-27,30-34,72H,4-8,10-11,13-17,19-20,22,24-25,28-29,35-71H2,1-3H3/b12-9-,21-18-,26-23-,30-27-,33-31-,34-32-. The van der Waals surface area contributed by atoms with E-state index in [9.17, 15) is 14.4 Å². The number of carbonyl (C=O) groups is 3. The fourth-order valence-electron chi connectivity index (χ4n) is 10.4. The summed E-state index contributed by atoms with van der Waals surface area (Å²) in [4.78, 5) is 38.5. The van der Waals surface area contributed by atoms with Crippen LogP contribution in [-0.2, 0) is 28.6 Å². The van der Waals surface area contributed by atoms with Gasteiger partial charge in [-0.15, -0.1) is 0 Å². The number of esters is 3. The van der Waals surface area contributed by atoms with E-state index < -0.39 is 6.10 Å². The van der Waals surface area contributed by atoms with Crippen LogP contribution in [0.4, 0.5) is 0 Å². The Balaban J connectivity index is 4.33. The fourth-order valence-corrected chi connectivity index (χ4v) is 10.4. The molecule has 0 saturated carbocycles. The lowest BCUT2D eigenvalue weighted by Gasteiger charge is -2.18. The average Bonchev–Trinajstić information content (AvgIpc) is 3.47. The molecule has 0 amide bonds. The summed E-state index contributed by atoms with van der Waals surface area (Å²) in [5.74, 6) is -0.872. The molecular weight excluding hydrogens is 997 g/mol. The molecule has 81 heavy (non-hydrogen) atoms. The van der Waals surface area contributed by atoms with Crippen LogP contribution >= 0.6 is 0 Å². The summed E-state index contributed by atoms with van der Waals surface area (Å²) in [5.41, 5.74) is 0. The quantitative estimate of drug-likeness (QED) is 0.0261. The molecule has 0 aliphatic rings. The van der Waals surface area contributed by atoms with Crippen molar-refractivity contribution in [1.82, 2.24) is 0 Å². The Morgan fingerprint density at radius 3 is 0.765 bits per heavy atom. The van der Waals surface area contributed by atoms with E-state index in [4.69, 9.17) is 14.2 Å². The lowest BCUT2D eigenvalue weighted by Crippen LogP contribution is -2.30. The second kappa shape index (κ2) is 69.3. The topological polar surface area (TPSA) is 78.9 Å². The first-order chi connectivity index (χ1) is 40.0. The van der Waals surface area contributed by atoms with Gasteiger partial charge in [0, 0.05) is 19.3 Å². The van der Waals surface area contributed by atoms with Gasteiger partial charge in [0.15, 0.2) is 6.10 Å². The molecule has 0 heterocycles. The summed E-state index contributed by atoms with van der Waals surface area (Å²) in [6.07, 6.45) is 90.7. The third-order valence-corrected chi connectivity index (χ3v) is 15.7. The van der Waals surface area contributed by atoms with E-state index in [0.717, 1.165) is 89.9 Å². The van der Waals surface area contributed by atoms with Crippen LogP contribution in [0.5, 0.6) is 0 Å². The first kappa shape index (κ1) is 77.9. The molecule has 0 aromatic carbocycles. The summed E-state index contributed by atoms with van der Waals surface area (Å²) in [6, 6.07) is 0. The van der Waals surface area contributed by atoms with Crippen LogP contribution in [0.2, 0.25) is 0 Å². The molecule has 0 rings (SSSR count). The monoisotopic (exact) mass is 1130 g/mol. The number of hydrogen-bond acceptors (Lipinski definition) is 6. The molecule has 0 spiro atoms. The highest BCUT2D eigenvalue weighted by Gasteiger charge is 2.19. The summed E-state index contributed by atoms with van der Waals surface area (Å²) < 4.78 is 17.0. The Bertz CT molecular complexity index is 1490. The van der Waals surface area contributed by atoms with E-state index in [1.165, 1.54) is 238 Å². The van der Waals surface area contributed by atoms with Crippen LogP contribution in [0, 0.1) is 0 Å². The van der Waals surface area contributed by atoms with Gasteiger partial charge in [0.05, 0.1) is 0 Å². The van der Waals surface area contributed by atoms with Gasteiger partial charge in [-0.05, 0) is 109 Å². The zero-order valence-electron chi connectivity index (χ0n) is 54.1. The van der Waals surface area contributed by atoms with Gasteiger partial charge in [0.1, 0.15) is 13.2 Å². The molecule has 1 atom stereocenters. The molecule has 6 nitrogen and oxygen atoms in total. The lowest BCUT2D eigenvalue weighted by molar-refractivity contribution is -0.167. The van der Waals surface area contributed by atoms with Crippen molar-refractivity contribution in [1.29, 1.82) is 0 Å². The van der Waals surface area contributed by atoms with E-state index in [1.54, 1.807) is 0 Å². The number of ether oxygens (including phenoxy) is 3. The molecule has 470 valence electrons. The van der Waals surface area contributed by atoms with Crippen molar-refractivity contribution in [3.05, 3.63) is 72.9 Å². The third-order valence-electron chi connectivity index (χ3n) is 15.7. The molecule has 0 aliphatic carbocycles.